The molecule has 2 heterocycles. The van der Waals surface area contributed by atoms with E-state index in [2.05, 4.69) is 15.3 Å². The van der Waals surface area contributed by atoms with Gasteiger partial charge in [0.15, 0.2) is 11.5 Å². The highest BCUT2D eigenvalue weighted by Crippen LogP contribution is 2.34. The second-order valence-corrected chi connectivity index (χ2v) is 7.22. The van der Waals surface area contributed by atoms with Crippen molar-refractivity contribution in [1.82, 2.24) is 9.97 Å². The van der Waals surface area contributed by atoms with E-state index >= 15 is 0 Å². The van der Waals surface area contributed by atoms with Crippen molar-refractivity contribution >= 4 is 22.6 Å². The van der Waals surface area contributed by atoms with E-state index < -0.39 is 0 Å². The maximum absolute atomic E-state index is 12.6. The summed E-state index contributed by atoms with van der Waals surface area (Å²) in [7, 11) is 3.24. The molecule has 2 N–H and O–H groups in total. The van der Waals surface area contributed by atoms with E-state index in [1.807, 2.05) is 36.7 Å². The number of hydrogen-bond acceptors (Lipinski definition) is 4. The lowest BCUT2D eigenvalue weighted by atomic mass is 9.88. The monoisotopic (exact) mass is 379 g/mol. The third kappa shape index (κ3) is 3.54. The molecule has 0 atom stereocenters. The Hall–Kier alpha value is -3.02. The summed E-state index contributed by atoms with van der Waals surface area (Å²) >= 11 is 0. The fourth-order valence-electron chi connectivity index (χ4n) is 3.88. The predicted molar refractivity (Wildman–Crippen MR) is 110 cm³/mol. The summed E-state index contributed by atoms with van der Waals surface area (Å²) in [5.74, 6) is 1.57. The summed E-state index contributed by atoms with van der Waals surface area (Å²) in [6.45, 7) is 0. The van der Waals surface area contributed by atoms with Crippen molar-refractivity contribution in [3.05, 3.63) is 36.7 Å². The summed E-state index contributed by atoms with van der Waals surface area (Å²) in [6, 6.07) is 7.81. The lowest BCUT2D eigenvalue weighted by Gasteiger charge is -2.20. The molecule has 6 nitrogen and oxygen atoms in total. The van der Waals surface area contributed by atoms with Crippen LogP contribution in [0, 0.1) is 5.92 Å². The van der Waals surface area contributed by atoms with Crippen molar-refractivity contribution in [2.75, 3.05) is 19.5 Å². The van der Waals surface area contributed by atoms with Gasteiger partial charge in [-0.05, 0) is 36.6 Å². The minimum Gasteiger partial charge on any atom is -0.493 e. The van der Waals surface area contributed by atoms with Gasteiger partial charge < -0.3 is 19.8 Å². The normalized spacial score (nSPS) is 14.8. The molecule has 0 aliphatic heterocycles. The van der Waals surface area contributed by atoms with Crippen LogP contribution >= 0.6 is 0 Å². The van der Waals surface area contributed by atoms with Crippen LogP contribution in [-0.2, 0) is 4.79 Å². The van der Waals surface area contributed by atoms with Crippen LogP contribution in [0.2, 0.25) is 0 Å². The molecule has 1 saturated carbocycles. The van der Waals surface area contributed by atoms with E-state index in [-0.39, 0.29) is 11.8 Å². The van der Waals surface area contributed by atoms with Gasteiger partial charge in [-0.1, -0.05) is 25.3 Å². The molecular formula is C22H25N3O3. The van der Waals surface area contributed by atoms with E-state index in [1.165, 1.54) is 6.42 Å². The van der Waals surface area contributed by atoms with Crippen LogP contribution < -0.4 is 14.8 Å². The molecule has 1 fully saturated rings. The zero-order valence-electron chi connectivity index (χ0n) is 16.2. The SMILES string of the molecule is COc1ccc(-c2cnc3[nH]cc(NC(=O)C4CCCCC4)c3c2)cc1OC. The van der Waals surface area contributed by atoms with Gasteiger partial charge >= 0.3 is 0 Å². The summed E-state index contributed by atoms with van der Waals surface area (Å²) in [4.78, 5) is 20.3. The quantitative estimate of drug-likeness (QED) is 0.670. The highest BCUT2D eigenvalue weighted by Gasteiger charge is 2.22. The van der Waals surface area contributed by atoms with Crippen molar-refractivity contribution in [1.29, 1.82) is 0 Å². The molecule has 0 spiro atoms. The van der Waals surface area contributed by atoms with Gasteiger partial charge in [-0.25, -0.2) is 4.98 Å². The molecule has 1 aliphatic rings. The molecule has 6 heteroatoms. The number of hydrogen-bond donors (Lipinski definition) is 2. The van der Waals surface area contributed by atoms with Crippen molar-refractivity contribution in [2.24, 2.45) is 5.92 Å². The minimum atomic E-state index is 0.108. The number of nitrogens with one attached hydrogen (secondary N) is 2. The Labute approximate surface area is 164 Å². The zero-order chi connectivity index (χ0) is 19.5. The van der Waals surface area contributed by atoms with Crippen LogP contribution in [0.15, 0.2) is 36.7 Å². The molecule has 2 aromatic heterocycles. The van der Waals surface area contributed by atoms with Crippen LogP contribution in [0.5, 0.6) is 11.5 Å². The average Bonchev–Trinajstić information content (AvgIpc) is 3.15. The standard InChI is InChI=1S/C22H25N3O3/c1-27-19-9-8-15(11-20(19)28-2)16-10-17-18(13-24-21(17)23-12-16)25-22(26)14-6-4-3-5-7-14/h8-14H,3-7H2,1-2H3,(H,23,24)(H,25,26). The number of carbonyl (C=O) groups excluding carboxylic acids is 1. The topological polar surface area (TPSA) is 76.2 Å². The smallest absolute Gasteiger partial charge is 0.227 e. The number of pyridine rings is 1. The molecule has 146 valence electrons. The number of benzene rings is 1. The number of nitrogens with zero attached hydrogens (tertiary/aromatic N) is 1. The average molecular weight is 379 g/mol. The molecular weight excluding hydrogens is 354 g/mol. The van der Waals surface area contributed by atoms with E-state index in [9.17, 15) is 4.79 Å². The van der Waals surface area contributed by atoms with Crippen molar-refractivity contribution in [3.8, 4) is 22.6 Å². The number of carbonyl (C=O) groups is 1. The predicted octanol–water partition coefficient (Wildman–Crippen LogP) is 4.77. The Kier molecular flexibility index (Phi) is 5.19. The van der Waals surface area contributed by atoms with E-state index in [0.717, 1.165) is 53.5 Å². The maximum atomic E-state index is 12.6. The van der Waals surface area contributed by atoms with Crippen molar-refractivity contribution < 1.29 is 14.3 Å². The molecule has 28 heavy (non-hydrogen) atoms. The van der Waals surface area contributed by atoms with E-state index in [4.69, 9.17) is 9.47 Å². The van der Waals surface area contributed by atoms with Gasteiger partial charge in [0.1, 0.15) is 5.65 Å². The number of H-pyrrole nitrogens is 1. The van der Waals surface area contributed by atoms with Crippen LogP contribution in [0.1, 0.15) is 32.1 Å². The molecule has 0 bridgehead atoms. The largest absolute Gasteiger partial charge is 0.493 e. The third-order valence-electron chi connectivity index (χ3n) is 5.48. The summed E-state index contributed by atoms with van der Waals surface area (Å²) in [6.07, 6.45) is 9.08. The first kappa shape index (κ1) is 18.3. The summed E-state index contributed by atoms with van der Waals surface area (Å²) in [5.41, 5.74) is 3.45. The third-order valence-corrected chi connectivity index (χ3v) is 5.48. The fourth-order valence-corrected chi connectivity index (χ4v) is 3.88. The highest BCUT2D eigenvalue weighted by molar-refractivity contribution is 6.02. The maximum Gasteiger partial charge on any atom is 0.227 e. The molecule has 4 rings (SSSR count). The number of amides is 1. The molecule has 0 saturated heterocycles. The number of rotatable bonds is 5. The molecule has 1 aromatic carbocycles. The Balaban J connectivity index is 1.63. The minimum absolute atomic E-state index is 0.108. The lowest BCUT2D eigenvalue weighted by Crippen LogP contribution is -2.24. The van der Waals surface area contributed by atoms with Gasteiger partial charge in [0, 0.05) is 29.3 Å². The summed E-state index contributed by atoms with van der Waals surface area (Å²) in [5, 5.41) is 4.00. The molecule has 0 radical (unpaired) electrons. The Morgan fingerprint density at radius 1 is 1.07 bits per heavy atom. The van der Waals surface area contributed by atoms with Crippen LogP contribution in [0.4, 0.5) is 5.69 Å². The lowest BCUT2D eigenvalue weighted by molar-refractivity contribution is -0.120. The van der Waals surface area contributed by atoms with Gasteiger partial charge in [-0.2, -0.15) is 0 Å². The van der Waals surface area contributed by atoms with E-state index in [0.29, 0.717) is 11.5 Å². The molecule has 1 aliphatic carbocycles. The molecule has 3 aromatic rings. The number of anilines is 1. The number of ether oxygens (including phenoxy) is 2. The van der Waals surface area contributed by atoms with Gasteiger partial charge in [0.25, 0.3) is 0 Å². The van der Waals surface area contributed by atoms with Gasteiger partial charge in [0.2, 0.25) is 5.91 Å². The van der Waals surface area contributed by atoms with Crippen LogP contribution in [-0.4, -0.2) is 30.1 Å². The molecule has 1 amide bonds. The molecule has 0 unspecified atom stereocenters. The van der Waals surface area contributed by atoms with Crippen LogP contribution in [0.3, 0.4) is 0 Å². The first-order valence-corrected chi connectivity index (χ1v) is 9.70. The number of methoxy groups -OCH3 is 2. The number of fused-ring (bicyclic) bond motifs is 1. The Morgan fingerprint density at radius 2 is 1.86 bits per heavy atom. The second-order valence-electron chi connectivity index (χ2n) is 7.22. The number of aromatic nitrogens is 2. The fraction of sp³-hybridized carbons (Fsp3) is 0.364. The highest BCUT2D eigenvalue weighted by atomic mass is 16.5. The number of aromatic amines is 1. The van der Waals surface area contributed by atoms with Gasteiger partial charge in [0.05, 0.1) is 19.9 Å². The van der Waals surface area contributed by atoms with E-state index in [1.54, 1.807) is 14.2 Å². The van der Waals surface area contributed by atoms with Gasteiger partial charge in [-0.3, -0.25) is 4.79 Å². The Morgan fingerprint density at radius 3 is 2.61 bits per heavy atom. The van der Waals surface area contributed by atoms with Crippen molar-refractivity contribution in [2.45, 2.75) is 32.1 Å². The van der Waals surface area contributed by atoms with Crippen molar-refractivity contribution in [3.63, 3.8) is 0 Å². The van der Waals surface area contributed by atoms with Gasteiger partial charge in [-0.15, -0.1) is 0 Å². The van der Waals surface area contributed by atoms with Crippen LogP contribution in [0.25, 0.3) is 22.2 Å². The first-order chi connectivity index (χ1) is 13.7. The summed E-state index contributed by atoms with van der Waals surface area (Å²) < 4.78 is 10.7. The second kappa shape index (κ2) is 7.92. The zero-order valence-corrected chi connectivity index (χ0v) is 16.2. The first-order valence-electron chi connectivity index (χ1n) is 9.70. The Bertz CT molecular complexity index is 990.